The Hall–Kier alpha value is -3.71. The number of rotatable bonds is 16. The van der Waals surface area contributed by atoms with Gasteiger partial charge in [0.2, 0.25) is 23.6 Å². The third kappa shape index (κ3) is 11.1. The number of carboxylic acid groups (broad SMARTS) is 1. The maximum atomic E-state index is 13.0. The van der Waals surface area contributed by atoms with Gasteiger partial charge in [0.25, 0.3) is 0 Å². The lowest BCUT2D eigenvalue weighted by molar-refractivity contribution is -0.142. The number of benzene rings is 1. The first kappa shape index (κ1) is 30.3. The van der Waals surface area contributed by atoms with Crippen molar-refractivity contribution in [1.82, 2.24) is 16.0 Å². The lowest BCUT2D eigenvalue weighted by atomic mass is 10.0. The lowest BCUT2D eigenvalue weighted by Gasteiger charge is -2.24. The molecule has 0 aliphatic heterocycles. The highest BCUT2D eigenvalue weighted by Gasteiger charge is 2.29. The van der Waals surface area contributed by atoms with Gasteiger partial charge in [-0.15, -0.1) is 0 Å². The zero-order valence-corrected chi connectivity index (χ0v) is 20.2. The van der Waals surface area contributed by atoms with Crippen LogP contribution < -0.4 is 33.2 Å². The molecule has 1 rings (SSSR count). The minimum Gasteiger partial charge on any atom is -0.508 e. The number of aromatic hydroxyl groups is 1. The monoisotopic (exact) mass is 508 g/mol. The van der Waals surface area contributed by atoms with Crippen LogP contribution in [0.3, 0.4) is 0 Å². The number of phenolic OH excluding ortho intramolecular Hbond substituents is 1. The standard InChI is InChI=1S/C23H36N6O7/c1-13(23(35)36)27-21(33)18(9-10-19(26)31)29-22(34)17(4-2-3-11-24)28-20(32)16(25)12-14-5-7-15(30)8-6-14/h5-8,13,16-18,30H,2-4,9-12,24-25H2,1H3,(H2,26,31)(H,27,33)(H,28,32)(H,29,34)(H,35,36). The van der Waals surface area contributed by atoms with Gasteiger partial charge in [-0.05, 0) is 63.3 Å². The van der Waals surface area contributed by atoms with Crippen molar-refractivity contribution in [2.75, 3.05) is 6.54 Å². The van der Waals surface area contributed by atoms with Gasteiger partial charge in [0, 0.05) is 6.42 Å². The average Bonchev–Trinajstić information content (AvgIpc) is 2.81. The van der Waals surface area contributed by atoms with E-state index in [0.29, 0.717) is 24.9 Å². The van der Waals surface area contributed by atoms with Crippen LogP contribution in [0.4, 0.5) is 0 Å². The molecule has 0 radical (unpaired) electrons. The number of carboxylic acids is 1. The van der Waals surface area contributed by atoms with E-state index in [1.807, 2.05) is 0 Å². The molecule has 0 bridgehead atoms. The van der Waals surface area contributed by atoms with Crippen LogP contribution >= 0.6 is 0 Å². The summed E-state index contributed by atoms with van der Waals surface area (Å²) in [6.07, 6.45) is 1.04. The molecule has 0 aromatic heterocycles. The van der Waals surface area contributed by atoms with Crippen LogP contribution in [0.15, 0.2) is 24.3 Å². The molecule has 36 heavy (non-hydrogen) atoms. The van der Waals surface area contributed by atoms with E-state index in [2.05, 4.69) is 16.0 Å². The highest BCUT2D eigenvalue weighted by atomic mass is 16.4. The van der Waals surface area contributed by atoms with Gasteiger partial charge in [-0.2, -0.15) is 0 Å². The van der Waals surface area contributed by atoms with Gasteiger partial charge < -0.3 is 43.4 Å². The number of carbonyl (C=O) groups is 5. The van der Waals surface area contributed by atoms with Crippen molar-refractivity contribution in [3.8, 4) is 5.75 Å². The van der Waals surface area contributed by atoms with E-state index in [-0.39, 0.29) is 31.4 Å². The van der Waals surface area contributed by atoms with Crippen molar-refractivity contribution < 1.29 is 34.2 Å². The molecule has 4 atom stereocenters. The zero-order chi connectivity index (χ0) is 27.3. The first-order valence-electron chi connectivity index (χ1n) is 11.6. The molecule has 4 amide bonds. The Morgan fingerprint density at radius 3 is 2.00 bits per heavy atom. The summed E-state index contributed by atoms with van der Waals surface area (Å²) >= 11 is 0. The molecule has 0 saturated carbocycles. The molecule has 4 unspecified atom stereocenters. The molecule has 0 fully saturated rings. The Morgan fingerprint density at radius 2 is 1.44 bits per heavy atom. The van der Waals surface area contributed by atoms with Crippen molar-refractivity contribution >= 4 is 29.6 Å². The molecule has 0 spiro atoms. The first-order chi connectivity index (χ1) is 16.9. The topological polar surface area (TPSA) is 240 Å². The quantitative estimate of drug-likeness (QED) is 0.117. The van der Waals surface area contributed by atoms with Crippen LogP contribution in [0.2, 0.25) is 0 Å². The Kier molecular flexibility index (Phi) is 12.9. The zero-order valence-electron chi connectivity index (χ0n) is 20.2. The van der Waals surface area contributed by atoms with Crippen molar-refractivity contribution in [1.29, 1.82) is 0 Å². The normalized spacial score (nSPS) is 14.1. The minimum atomic E-state index is -1.28. The van der Waals surface area contributed by atoms with Gasteiger partial charge in [0.15, 0.2) is 0 Å². The molecule has 0 aliphatic rings. The van der Waals surface area contributed by atoms with Gasteiger partial charge in [0.1, 0.15) is 23.9 Å². The molecule has 11 N–H and O–H groups in total. The molecule has 13 heteroatoms. The number of hydrogen-bond acceptors (Lipinski definition) is 8. The summed E-state index contributed by atoms with van der Waals surface area (Å²) in [5.41, 5.74) is 17.4. The van der Waals surface area contributed by atoms with Gasteiger partial charge in [-0.1, -0.05) is 12.1 Å². The predicted molar refractivity (Wildman–Crippen MR) is 130 cm³/mol. The Morgan fingerprint density at radius 1 is 0.889 bits per heavy atom. The lowest BCUT2D eigenvalue weighted by Crippen LogP contribution is -2.57. The largest absolute Gasteiger partial charge is 0.508 e. The maximum Gasteiger partial charge on any atom is 0.325 e. The highest BCUT2D eigenvalue weighted by Crippen LogP contribution is 2.11. The summed E-state index contributed by atoms with van der Waals surface area (Å²) < 4.78 is 0. The number of carbonyl (C=O) groups excluding carboxylic acids is 4. The Bertz CT molecular complexity index is 909. The summed E-state index contributed by atoms with van der Waals surface area (Å²) in [6.45, 7) is 1.62. The molecule has 200 valence electrons. The van der Waals surface area contributed by atoms with E-state index in [9.17, 15) is 29.1 Å². The number of unbranched alkanes of at least 4 members (excludes halogenated alkanes) is 1. The molecule has 1 aromatic rings. The summed E-state index contributed by atoms with van der Waals surface area (Å²) in [5, 5.41) is 25.7. The van der Waals surface area contributed by atoms with E-state index in [1.54, 1.807) is 12.1 Å². The molecule has 0 saturated heterocycles. The van der Waals surface area contributed by atoms with Gasteiger partial charge in [-0.3, -0.25) is 24.0 Å². The molecule has 0 aliphatic carbocycles. The fraction of sp³-hybridized carbons (Fsp3) is 0.522. The SMILES string of the molecule is CC(NC(=O)C(CCC(N)=O)NC(=O)C(CCCCN)NC(=O)C(N)Cc1ccc(O)cc1)C(=O)O. The second kappa shape index (κ2) is 15.3. The van der Waals surface area contributed by atoms with Crippen LogP contribution in [0.1, 0.15) is 44.6 Å². The molecular weight excluding hydrogens is 472 g/mol. The van der Waals surface area contributed by atoms with Crippen molar-refractivity contribution in [2.24, 2.45) is 17.2 Å². The van der Waals surface area contributed by atoms with Gasteiger partial charge >= 0.3 is 5.97 Å². The molecular formula is C23H36N6O7. The first-order valence-corrected chi connectivity index (χ1v) is 11.6. The summed E-state index contributed by atoms with van der Waals surface area (Å²) in [4.78, 5) is 60.6. The Labute approximate surface area is 209 Å². The third-order valence-electron chi connectivity index (χ3n) is 5.35. The number of primary amides is 1. The number of aliphatic carboxylic acids is 1. The van der Waals surface area contributed by atoms with Crippen LogP contribution in [0.5, 0.6) is 5.75 Å². The van der Waals surface area contributed by atoms with E-state index < -0.39 is 53.8 Å². The fourth-order valence-corrected chi connectivity index (χ4v) is 3.22. The molecule has 13 nitrogen and oxygen atoms in total. The van der Waals surface area contributed by atoms with E-state index in [4.69, 9.17) is 22.3 Å². The Balaban J connectivity index is 2.94. The summed E-state index contributed by atoms with van der Waals surface area (Å²) in [6, 6.07) is 1.62. The van der Waals surface area contributed by atoms with E-state index in [0.717, 1.165) is 0 Å². The second-order valence-corrected chi connectivity index (χ2v) is 8.46. The van der Waals surface area contributed by atoms with Crippen molar-refractivity contribution in [3.63, 3.8) is 0 Å². The average molecular weight is 509 g/mol. The minimum absolute atomic E-state index is 0.0705. The van der Waals surface area contributed by atoms with Crippen LogP contribution in [0.25, 0.3) is 0 Å². The summed E-state index contributed by atoms with van der Waals surface area (Å²) in [5.74, 6) is -4.03. The number of nitrogens with one attached hydrogen (secondary N) is 3. The number of phenols is 1. The van der Waals surface area contributed by atoms with Crippen molar-refractivity contribution in [2.45, 2.75) is 69.6 Å². The number of nitrogens with two attached hydrogens (primary N) is 3. The van der Waals surface area contributed by atoms with Crippen LogP contribution in [0, 0.1) is 0 Å². The second-order valence-electron chi connectivity index (χ2n) is 8.46. The summed E-state index contributed by atoms with van der Waals surface area (Å²) in [7, 11) is 0. The maximum absolute atomic E-state index is 13.0. The van der Waals surface area contributed by atoms with Gasteiger partial charge in [-0.25, -0.2) is 0 Å². The van der Waals surface area contributed by atoms with E-state index >= 15 is 0 Å². The van der Waals surface area contributed by atoms with Crippen LogP contribution in [-0.4, -0.2) is 70.5 Å². The molecule has 0 heterocycles. The van der Waals surface area contributed by atoms with E-state index in [1.165, 1.54) is 19.1 Å². The molecule has 1 aromatic carbocycles. The fourth-order valence-electron chi connectivity index (χ4n) is 3.22. The number of amides is 4. The predicted octanol–water partition coefficient (Wildman–Crippen LogP) is -1.78. The van der Waals surface area contributed by atoms with Crippen LogP contribution in [-0.2, 0) is 30.4 Å². The number of hydrogen-bond donors (Lipinski definition) is 8. The van der Waals surface area contributed by atoms with Crippen molar-refractivity contribution in [3.05, 3.63) is 29.8 Å². The highest BCUT2D eigenvalue weighted by molar-refractivity contribution is 5.94. The third-order valence-corrected chi connectivity index (χ3v) is 5.35. The smallest absolute Gasteiger partial charge is 0.325 e. The van der Waals surface area contributed by atoms with Gasteiger partial charge in [0.05, 0.1) is 6.04 Å².